The van der Waals surface area contributed by atoms with E-state index in [0.29, 0.717) is 6.32 Å². The minimum absolute atomic E-state index is 0. The molecule has 0 saturated carbocycles. The van der Waals surface area contributed by atoms with E-state index in [-0.39, 0.29) is 84.1 Å². The fraction of sp³-hybridized carbons (Fsp3) is 0.532. The van der Waals surface area contributed by atoms with Crippen molar-refractivity contribution < 1.29 is 38.0 Å². The molecule has 6 aliphatic rings. The van der Waals surface area contributed by atoms with E-state index >= 15 is 0 Å². The second kappa shape index (κ2) is 27.4. The topological polar surface area (TPSA) is 95.8 Å². The normalized spacial score (nSPS) is 17.0. The van der Waals surface area contributed by atoms with Gasteiger partial charge in [0.15, 0.2) is 0 Å². The maximum Gasteiger partial charge on any atom is 0.533 e. The first-order valence-corrected chi connectivity index (χ1v) is 33.2. The molecule has 0 spiro atoms. The summed E-state index contributed by atoms with van der Waals surface area (Å²) in [6, 6.07) is 39.5. The lowest BCUT2D eigenvalue weighted by molar-refractivity contribution is 0.124. The van der Waals surface area contributed by atoms with Crippen molar-refractivity contribution in [3.05, 3.63) is 176 Å². The molecular formula is C77H114B6O8. The smallest absolute Gasteiger partial charge is 0.533 e. The van der Waals surface area contributed by atoms with Crippen LogP contribution < -0.4 is 31.2 Å². The van der Waals surface area contributed by atoms with Gasteiger partial charge in [-0.05, 0) is 161 Å². The molecule has 0 unspecified atom stereocenters. The molecule has 6 aromatic rings. The van der Waals surface area contributed by atoms with E-state index in [1.54, 1.807) is 0 Å². The van der Waals surface area contributed by atoms with E-state index in [1.807, 2.05) is 32.0 Å². The summed E-state index contributed by atoms with van der Waals surface area (Å²) in [6.45, 7) is 63.6. The lowest BCUT2D eigenvalue weighted by atomic mass is 9.59. The molecule has 0 radical (unpaired) electrons. The van der Waals surface area contributed by atoms with Crippen molar-refractivity contribution in [3.63, 3.8) is 0 Å². The van der Waals surface area contributed by atoms with Gasteiger partial charge in [-0.15, -0.1) is 0 Å². The maximum atomic E-state index is 9.85. The zero-order chi connectivity index (χ0) is 67.4. The molecule has 0 aliphatic carbocycles. The minimum Gasteiger partial charge on any atom is -0.536 e. The second-order valence-electron chi connectivity index (χ2n) is 33.9. The van der Waals surface area contributed by atoms with Crippen LogP contribution in [0.15, 0.2) is 109 Å². The molecule has 14 heteroatoms. The highest BCUT2D eigenvalue weighted by molar-refractivity contribution is 6.69. The maximum absolute atomic E-state index is 9.85. The quantitative estimate of drug-likeness (QED) is 0.145. The van der Waals surface area contributed by atoms with Gasteiger partial charge in [0.05, 0.1) is 24.4 Å². The molecule has 0 fully saturated rings. The van der Waals surface area contributed by atoms with Crippen molar-refractivity contribution in [3.8, 4) is 11.5 Å². The Hall–Kier alpha value is -4.93. The summed E-state index contributed by atoms with van der Waals surface area (Å²) < 4.78 is 34.0. The Balaban J connectivity index is 0.000000173. The molecular weight excluding hydrogens is 1120 g/mol. The Bertz CT molecular complexity index is 3490. The van der Waals surface area contributed by atoms with Gasteiger partial charge in [0.25, 0.3) is 0 Å². The Morgan fingerprint density at radius 3 is 1.24 bits per heavy atom. The van der Waals surface area contributed by atoms with Crippen LogP contribution in [0.25, 0.3) is 0 Å². The van der Waals surface area contributed by atoms with Crippen molar-refractivity contribution in [2.45, 2.75) is 269 Å². The Kier molecular flexibility index (Phi) is 22.6. The summed E-state index contributed by atoms with van der Waals surface area (Å²) in [5.74, 6) is 1.66. The molecule has 6 heterocycles. The van der Waals surface area contributed by atoms with Gasteiger partial charge in [0, 0.05) is 11.6 Å². The van der Waals surface area contributed by atoms with Gasteiger partial charge in [-0.25, -0.2) is 0 Å². The fourth-order valence-electron chi connectivity index (χ4n) is 12.4. The van der Waals surface area contributed by atoms with Crippen LogP contribution in [0.1, 0.15) is 240 Å². The van der Waals surface area contributed by atoms with Crippen molar-refractivity contribution in [2.24, 2.45) is 0 Å². The summed E-state index contributed by atoms with van der Waals surface area (Å²) in [6.07, 6.45) is 0.611. The number of fused-ring (bicyclic) bond motifs is 6. The van der Waals surface area contributed by atoms with Crippen molar-refractivity contribution in [1.29, 1.82) is 0 Å². The lowest BCUT2D eigenvalue weighted by Crippen LogP contribution is -2.37. The number of rotatable bonds is 0. The Morgan fingerprint density at radius 1 is 0.352 bits per heavy atom. The molecule has 6 aromatic carbocycles. The van der Waals surface area contributed by atoms with E-state index in [1.165, 1.54) is 77.5 Å². The van der Waals surface area contributed by atoms with Crippen molar-refractivity contribution >= 4 is 63.8 Å². The Labute approximate surface area is 555 Å². The number of benzene rings is 6. The monoisotopic (exact) mass is 1230 g/mol. The first-order chi connectivity index (χ1) is 41.1. The van der Waals surface area contributed by atoms with Gasteiger partial charge in [-0.3, -0.25) is 0 Å². The molecule has 8 nitrogen and oxygen atoms in total. The summed E-state index contributed by atoms with van der Waals surface area (Å²) in [5.41, 5.74) is 21.9. The molecule has 6 aliphatic heterocycles. The van der Waals surface area contributed by atoms with E-state index in [9.17, 15) is 10.0 Å². The predicted octanol–water partition coefficient (Wildman–Crippen LogP) is 16.1. The van der Waals surface area contributed by atoms with Gasteiger partial charge < -0.3 is 38.0 Å². The first kappa shape index (κ1) is 75.1. The van der Waals surface area contributed by atoms with Gasteiger partial charge in [-0.1, -0.05) is 270 Å². The fourth-order valence-corrected chi connectivity index (χ4v) is 12.4. The number of hydrogen-bond donors (Lipinski definition) is 2. The third-order valence-corrected chi connectivity index (χ3v) is 18.8. The van der Waals surface area contributed by atoms with Crippen LogP contribution >= 0.6 is 0 Å². The first-order valence-electron chi connectivity index (χ1n) is 33.2. The molecule has 488 valence electrons. The molecule has 0 aromatic heterocycles. The van der Waals surface area contributed by atoms with Crippen LogP contribution in [0, 0.1) is 0 Å². The molecule has 91 heavy (non-hydrogen) atoms. The van der Waals surface area contributed by atoms with Crippen LogP contribution in [-0.2, 0) is 87.2 Å². The molecule has 12 rings (SSSR count). The van der Waals surface area contributed by atoms with E-state index in [2.05, 4.69) is 271 Å². The molecule has 0 amide bonds. The van der Waals surface area contributed by atoms with Crippen LogP contribution in [0.5, 0.6) is 11.5 Å². The summed E-state index contributed by atoms with van der Waals surface area (Å²) in [7, 11) is -1.39. The second-order valence-corrected chi connectivity index (χ2v) is 33.9. The van der Waals surface area contributed by atoms with Crippen LogP contribution in [0.3, 0.4) is 0 Å². The SMILES string of the molecule is C.CB1OC(C)(C)c2cc(C(C)(C)C)ccc21.CB1OC(C)(C)c2ccc(C(C)(C)C)cc21.CB1OCc2cc(C(C)(C)C)ccc21.CB1OCc2ccc(C(C)(C)C)cc21.CC(C)(C)c1ccc2c(c1)OB(O)C2.CC(C)(C)c1ccc2c(c1)OB(O)C2(C)C. The lowest BCUT2D eigenvalue weighted by Gasteiger charge is -2.24. The largest absolute Gasteiger partial charge is 0.536 e. The highest BCUT2D eigenvalue weighted by atomic mass is 16.5. The third kappa shape index (κ3) is 17.9. The van der Waals surface area contributed by atoms with Crippen molar-refractivity contribution in [2.75, 3.05) is 0 Å². The minimum atomic E-state index is -0.738. The van der Waals surface area contributed by atoms with E-state index < -0.39 is 14.2 Å². The standard InChI is InChI=1S/2C14H21BO.C13H19BO2.2C12H17BO.C11H15BO2.CH4/c1-13(2,3)10-7-8-12-11(9-10)14(4,5)16-15(12)6;1-13(2,3)10-7-8-11-12(9-10)15(6)16-14(11,4)5;1-12(2,3)9-6-7-10-11(8-9)16-14(15)13(10,4)5;1-12(2,3)10-5-6-11-9(7-10)8-14-13(11)4;1-12(2,3)10-6-5-9-8-14-13(4)11(9)7-10;1-11(2,3)9-5-4-8-7-12(13)14-10(8)6-9;/h2*7-9H,1-6H3;6-8,15H,1-5H3;2*5-7H,8H2,1-4H3;4-6,13H,7H2,1-3H3;1H4. The average molecular weight is 1230 g/mol. The zero-order valence-corrected chi connectivity index (χ0v) is 60.8. The highest BCUT2D eigenvalue weighted by Gasteiger charge is 2.47. The molecule has 0 saturated heterocycles. The molecule has 0 atom stereocenters. The summed E-state index contributed by atoms with van der Waals surface area (Å²) in [5, 5.41) is 18.9. The van der Waals surface area contributed by atoms with Gasteiger partial charge in [0.2, 0.25) is 0 Å². The van der Waals surface area contributed by atoms with E-state index in [0.717, 1.165) is 35.8 Å². The van der Waals surface area contributed by atoms with Gasteiger partial charge >= 0.3 is 41.9 Å². The third-order valence-electron chi connectivity index (χ3n) is 18.8. The summed E-state index contributed by atoms with van der Waals surface area (Å²) in [4.78, 5) is 0. The predicted molar refractivity (Wildman–Crippen MR) is 394 cm³/mol. The van der Waals surface area contributed by atoms with Crippen molar-refractivity contribution in [1.82, 2.24) is 0 Å². The van der Waals surface area contributed by atoms with Gasteiger partial charge in [-0.2, -0.15) is 0 Å². The van der Waals surface area contributed by atoms with Crippen LogP contribution in [-0.4, -0.2) is 51.9 Å². The molecule has 0 bridgehead atoms. The van der Waals surface area contributed by atoms with Crippen LogP contribution in [0.2, 0.25) is 27.3 Å². The number of hydrogen-bond acceptors (Lipinski definition) is 8. The summed E-state index contributed by atoms with van der Waals surface area (Å²) >= 11 is 0. The zero-order valence-electron chi connectivity index (χ0n) is 60.8. The average Bonchev–Trinajstić information content (AvgIpc) is 1.67. The Morgan fingerprint density at radius 2 is 0.725 bits per heavy atom. The van der Waals surface area contributed by atoms with Gasteiger partial charge in [0.1, 0.15) is 11.5 Å². The van der Waals surface area contributed by atoms with E-state index in [4.69, 9.17) is 27.9 Å². The highest BCUT2D eigenvalue weighted by Crippen LogP contribution is 2.43. The van der Waals surface area contributed by atoms with Crippen LogP contribution in [0.4, 0.5) is 0 Å². The molecule has 2 N–H and O–H groups in total.